The van der Waals surface area contributed by atoms with Crippen LogP contribution in [0.3, 0.4) is 0 Å². The molecule has 0 aliphatic carbocycles. The lowest BCUT2D eigenvalue weighted by Gasteiger charge is -2.09. The molecule has 7 heteroatoms. The van der Waals surface area contributed by atoms with Crippen molar-refractivity contribution in [3.63, 3.8) is 0 Å². The van der Waals surface area contributed by atoms with E-state index in [-0.39, 0.29) is 22.7 Å². The number of halogens is 2. The number of hydrogen-bond acceptors (Lipinski definition) is 4. The second-order valence-electron chi connectivity index (χ2n) is 4.70. The van der Waals surface area contributed by atoms with Crippen molar-refractivity contribution >= 4 is 15.5 Å². The lowest BCUT2D eigenvalue weighted by Crippen LogP contribution is -2.05. The highest BCUT2D eigenvalue weighted by Crippen LogP contribution is 2.21. The predicted molar refractivity (Wildman–Crippen MR) is 78.0 cm³/mol. The van der Waals surface area contributed by atoms with Crippen LogP contribution >= 0.6 is 0 Å². The topological polar surface area (TPSA) is 70.0 Å². The molecule has 114 valence electrons. The van der Waals surface area contributed by atoms with Crippen molar-refractivity contribution in [1.82, 2.24) is 0 Å². The standard InChI is InChI=1S/C15H12F2N2O2S/c1-22(20,21)12-4-2-10(3-5-12)9-19-15-13(16)6-11(8-18)7-14(15)17/h2-7,19H,9H2,1H3. The van der Waals surface area contributed by atoms with E-state index in [4.69, 9.17) is 5.26 Å². The smallest absolute Gasteiger partial charge is 0.175 e. The Morgan fingerprint density at radius 1 is 1.14 bits per heavy atom. The summed E-state index contributed by atoms with van der Waals surface area (Å²) in [6, 6.07) is 9.52. The molecule has 0 spiro atoms. The number of sulfone groups is 1. The summed E-state index contributed by atoms with van der Waals surface area (Å²) in [5.74, 6) is -1.71. The van der Waals surface area contributed by atoms with Gasteiger partial charge in [-0.25, -0.2) is 17.2 Å². The van der Waals surface area contributed by atoms with Gasteiger partial charge in [-0.1, -0.05) is 12.1 Å². The molecule has 1 N–H and O–H groups in total. The van der Waals surface area contributed by atoms with Crippen LogP contribution in [0.25, 0.3) is 0 Å². The van der Waals surface area contributed by atoms with Gasteiger partial charge in [-0.15, -0.1) is 0 Å². The van der Waals surface area contributed by atoms with Crippen LogP contribution in [-0.4, -0.2) is 14.7 Å². The molecule has 0 amide bonds. The second kappa shape index (κ2) is 6.12. The van der Waals surface area contributed by atoms with E-state index in [1.165, 1.54) is 12.1 Å². The Morgan fingerprint density at radius 3 is 2.14 bits per heavy atom. The van der Waals surface area contributed by atoms with Crippen molar-refractivity contribution in [3.8, 4) is 6.07 Å². The fourth-order valence-corrected chi connectivity index (χ4v) is 2.48. The van der Waals surface area contributed by atoms with Gasteiger partial charge in [0.2, 0.25) is 0 Å². The van der Waals surface area contributed by atoms with Gasteiger partial charge >= 0.3 is 0 Å². The monoisotopic (exact) mass is 322 g/mol. The number of benzene rings is 2. The molecule has 0 aliphatic rings. The van der Waals surface area contributed by atoms with Crippen LogP contribution in [0.2, 0.25) is 0 Å². The van der Waals surface area contributed by atoms with Crippen LogP contribution in [0.1, 0.15) is 11.1 Å². The van der Waals surface area contributed by atoms with Crippen LogP contribution in [0.4, 0.5) is 14.5 Å². The average molecular weight is 322 g/mol. The summed E-state index contributed by atoms with van der Waals surface area (Å²) in [5, 5.41) is 11.2. The van der Waals surface area contributed by atoms with E-state index in [0.717, 1.165) is 18.4 Å². The zero-order valence-corrected chi connectivity index (χ0v) is 12.4. The lowest BCUT2D eigenvalue weighted by molar-refractivity contribution is 0.587. The van der Waals surface area contributed by atoms with Gasteiger partial charge in [0, 0.05) is 12.8 Å². The minimum Gasteiger partial charge on any atom is -0.376 e. The Labute approximate surface area is 126 Å². The quantitative estimate of drug-likeness (QED) is 0.939. The largest absolute Gasteiger partial charge is 0.376 e. The first-order chi connectivity index (χ1) is 10.3. The maximum absolute atomic E-state index is 13.7. The van der Waals surface area contributed by atoms with E-state index >= 15 is 0 Å². The molecule has 2 aromatic carbocycles. The highest BCUT2D eigenvalue weighted by atomic mass is 32.2. The van der Waals surface area contributed by atoms with Gasteiger partial charge in [0.25, 0.3) is 0 Å². The molecular weight excluding hydrogens is 310 g/mol. The molecule has 0 bridgehead atoms. The summed E-state index contributed by atoms with van der Waals surface area (Å²) in [6.07, 6.45) is 1.10. The summed E-state index contributed by atoms with van der Waals surface area (Å²) in [6.45, 7) is 0.115. The molecule has 0 aromatic heterocycles. The maximum Gasteiger partial charge on any atom is 0.175 e. The molecule has 0 unspecified atom stereocenters. The minimum atomic E-state index is -3.28. The molecule has 2 rings (SSSR count). The van der Waals surface area contributed by atoms with Crippen LogP contribution in [0, 0.1) is 23.0 Å². The molecule has 0 heterocycles. The number of nitriles is 1. The minimum absolute atomic E-state index is 0.0990. The normalized spacial score (nSPS) is 11.0. The van der Waals surface area contributed by atoms with Gasteiger partial charge in [0.1, 0.15) is 5.69 Å². The first-order valence-electron chi connectivity index (χ1n) is 6.23. The molecular formula is C15H12F2N2O2S. The van der Waals surface area contributed by atoms with Crippen molar-refractivity contribution in [3.05, 3.63) is 59.2 Å². The predicted octanol–water partition coefficient (Wildman–Crippen LogP) is 2.85. The first-order valence-corrected chi connectivity index (χ1v) is 8.12. The van der Waals surface area contributed by atoms with Gasteiger partial charge in [-0.05, 0) is 29.8 Å². The summed E-state index contributed by atoms with van der Waals surface area (Å²) in [5.41, 5.74) is 0.236. The molecule has 0 saturated carbocycles. The van der Waals surface area contributed by atoms with Crippen LogP contribution in [0.5, 0.6) is 0 Å². The number of hydrogen-bond donors (Lipinski definition) is 1. The van der Waals surface area contributed by atoms with Crippen molar-refractivity contribution < 1.29 is 17.2 Å². The Balaban J connectivity index is 2.16. The van der Waals surface area contributed by atoms with Crippen molar-refractivity contribution in [2.24, 2.45) is 0 Å². The summed E-state index contributed by atoms with van der Waals surface area (Å²) in [7, 11) is -3.28. The lowest BCUT2D eigenvalue weighted by atomic mass is 10.2. The third-order valence-electron chi connectivity index (χ3n) is 2.99. The van der Waals surface area contributed by atoms with E-state index in [0.29, 0.717) is 5.56 Å². The zero-order valence-electron chi connectivity index (χ0n) is 11.6. The highest BCUT2D eigenvalue weighted by molar-refractivity contribution is 7.90. The number of rotatable bonds is 4. The molecule has 0 aliphatic heterocycles. The van der Waals surface area contributed by atoms with E-state index in [1.54, 1.807) is 18.2 Å². The van der Waals surface area contributed by atoms with E-state index in [2.05, 4.69) is 5.32 Å². The van der Waals surface area contributed by atoms with Crippen molar-refractivity contribution in [2.75, 3.05) is 11.6 Å². The van der Waals surface area contributed by atoms with Gasteiger partial charge in [-0.2, -0.15) is 5.26 Å². The Kier molecular flexibility index (Phi) is 4.43. The molecule has 0 fully saturated rings. The maximum atomic E-state index is 13.7. The molecule has 0 radical (unpaired) electrons. The average Bonchev–Trinajstić information content (AvgIpc) is 2.45. The molecule has 4 nitrogen and oxygen atoms in total. The number of nitrogens with zero attached hydrogens (tertiary/aromatic N) is 1. The van der Waals surface area contributed by atoms with Gasteiger partial charge < -0.3 is 5.32 Å². The second-order valence-corrected chi connectivity index (χ2v) is 6.71. The van der Waals surface area contributed by atoms with Crippen LogP contribution < -0.4 is 5.32 Å². The van der Waals surface area contributed by atoms with E-state index < -0.39 is 21.5 Å². The van der Waals surface area contributed by atoms with Crippen molar-refractivity contribution in [2.45, 2.75) is 11.4 Å². The fraction of sp³-hybridized carbons (Fsp3) is 0.133. The fourth-order valence-electron chi connectivity index (χ4n) is 1.85. The van der Waals surface area contributed by atoms with Gasteiger partial charge in [0.05, 0.1) is 16.5 Å². The van der Waals surface area contributed by atoms with Gasteiger partial charge in [-0.3, -0.25) is 0 Å². The first kappa shape index (κ1) is 15.9. The molecule has 0 atom stereocenters. The van der Waals surface area contributed by atoms with Crippen LogP contribution in [0.15, 0.2) is 41.3 Å². The summed E-state index contributed by atoms with van der Waals surface area (Å²) in [4.78, 5) is 0.173. The summed E-state index contributed by atoms with van der Waals surface area (Å²) >= 11 is 0. The Bertz CT molecular complexity index is 818. The third kappa shape index (κ3) is 3.59. The third-order valence-corrected chi connectivity index (χ3v) is 4.12. The SMILES string of the molecule is CS(=O)(=O)c1ccc(CNc2c(F)cc(C#N)cc2F)cc1. The van der Waals surface area contributed by atoms with E-state index in [9.17, 15) is 17.2 Å². The Hall–Kier alpha value is -2.46. The summed E-state index contributed by atoms with van der Waals surface area (Å²) < 4.78 is 50.0. The molecule has 22 heavy (non-hydrogen) atoms. The Morgan fingerprint density at radius 2 is 1.68 bits per heavy atom. The molecule has 0 saturated heterocycles. The van der Waals surface area contributed by atoms with Crippen LogP contribution in [-0.2, 0) is 16.4 Å². The zero-order chi connectivity index (χ0) is 16.3. The number of nitrogens with one attached hydrogen (secondary N) is 1. The number of anilines is 1. The molecule has 2 aromatic rings. The van der Waals surface area contributed by atoms with E-state index in [1.807, 2.05) is 0 Å². The highest BCUT2D eigenvalue weighted by Gasteiger charge is 2.11. The van der Waals surface area contributed by atoms with Crippen molar-refractivity contribution in [1.29, 1.82) is 5.26 Å². The van der Waals surface area contributed by atoms with Gasteiger partial charge in [0.15, 0.2) is 21.5 Å².